The van der Waals surface area contributed by atoms with Gasteiger partial charge in [-0.25, -0.2) is 13.7 Å². The van der Waals surface area contributed by atoms with Crippen molar-refractivity contribution in [1.82, 2.24) is 4.72 Å². The maximum atomic E-state index is 12.1. The molecule has 0 unspecified atom stereocenters. The molecule has 0 aliphatic rings. The minimum atomic E-state index is -1.16. The summed E-state index contributed by atoms with van der Waals surface area (Å²) in [6.07, 6.45) is 0.443. The molecule has 0 saturated carbocycles. The van der Waals surface area contributed by atoms with E-state index in [2.05, 4.69) is 11.3 Å². The predicted molar refractivity (Wildman–Crippen MR) is 80.0 cm³/mol. The van der Waals surface area contributed by atoms with Crippen LogP contribution in [0.25, 0.3) is 0 Å². The van der Waals surface area contributed by atoms with Gasteiger partial charge in [0.15, 0.2) is 0 Å². The minimum absolute atomic E-state index is 0.0584. The van der Waals surface area contributed by atoms with Crippen molar-refractivity contribution in [3.8, 4) is 0 Å². The highest BCUT2D eigenvalue weighted by molar-refractivity contribution is 7.84. The van der Waals surface area contributed by atoms with E-state index in [0.717, 1.165) is 0 Å². The van der Waals surface area contributed by atoms with E-state index in [1.807, 2.05) is 34.6 Å². The van der Waals surface area contributed by atoms with Crippen LogP contribution in [0.2, 0.25) is 0 Å². The van der Waals surface area contributed by atoms with Crippen LogP contribution < -0.4 is 4.72 Å². The van der Waals surface area contributed by atoms with E-state index in [1.165, 1.54) is 0 Å². The quantitative estimate of drug-likeness (QED) is 0.579. The summed E-state index contributed by atoms with van der Waals surface area (Å²) in [4.78, 5) is 11.6. The third-order valence-corrected chi connectivity index (χ3v) is 4.28. The summed E-state index contributed by atoms with van der Waals surface area (Å²) >= 11 is 0. The van der Waals surface area contributed by atoms with Crippen LogP contribution in [0.1, 0.15) is 48.0 Å². The summed E-state index contributed by atoms with van der Waals surface area (Å²) in [5, 5.41) is 0. The van der Waals surface area contributed by atoms with E-state index < -0.39 is 11.0 Å². The van der Waals surface area contributed by atoms with Crippen LogP contribution in [0.3, 0.4) is 0 Å². The van der Waals surface area contributed by atoms with Crippen molar-refractivity contribution in [3.63, 3.8) is 0 Å². The lowest BCUT2D eigenvalue weighted by molar-refractivity contribution is -0.138. The number of nitrogens with one attached hydrogen (secondary N) is 1. The second-order valence-corrected chi connectivity index (χ2v) is 7.88. The van der Waals surface area contributed by atoms with Crippen molar-refractivity contribution in [3.05, 3.63) is 12.2 Å². The Kier molecular flexibility index (Phi) is 7.52. The highest BCUT2D eigenvalue weighted by atomic mass is 32.2. The van der Waals surface area contributed by atoms with Gasteiger partial charge in [0.05, 0.1) is 22.3 Å². The van der Waals surface area contributed by atoms with Crippen molar-refractivity contribution in [2.24, 2.45) is 5.92 Å². The van der Waals surface area contributed by atoms with Crippen molar-refractivity contribution < 1.29 is 13.7 Å². The Labute approximate surface area is 119 Å². The van der Waals surface area contributed by atoms with E-state index in [0.29, 0.717) is 18.6 Å². The third-order valence-electron chi connectivity index (χ3n) is 2.65. The zero-order valence-electron chi connectivity index (χ0n) is 12.9. The summed E-state index contributed by atoms with van der Waals surface area (Å²) in [6, 6.07) is -0.0584. The molecule has 0 bridgehead atoms. The molecule has 112 valence electrons. The van der Waals surface area contributed by atoms with Gasteiger partial charge in [-0.2, -0.15) is 0 Å². The van der Waals surface area contributed by atoms with Crippen LogP contribution in [0.15, 0.2) is 12.2 Å². The SMILES string of the molecule is C=C(C[C@@H](N[S@](=O)C(C)(C)C)C(C)C)C(=O)OCC. The van der Waals surface area contributed by atoms with Gasteiger partial charge in [0.2, 0.25) is 0 Å². The standard InChI is InChI=1S/C14H27NO3S/c1-8-18-13(16)11(4)9-12(10(2)3)15-19(17)14(5,6)7/h10,12,15H,4,8-9H2,1-3,5-7H3/t12-,19-/m1/s1. The highest BCUT2D eigenvalue weighted by Gasteiger charge is 2.26. The number of hydrogen-bond acceptors (Lipinski definition) is 3. The molecule has 1 N–H and O–H groups in total. The molecule has 0 aromatic carbocycles. The van der Waals surface area contributed by atoms with Crippen LogP contribution in [0.5, 0.6) is 0 Å². The number of esters is 1. The fourth-order valence-electron chi connectivity index (χ4n) is 1.31. The Morgan fingerprint density at radius 1 is 1.37 bits per heavy atom. The molecule has 0 radical (unpaired) electrons. The second-order valence-electron chi connectivity index (χ2n) is 5.88. The Hall–Kier alpha value is -0.680. The van der Waals surface area contributed by atoms with Gasteiger partial charge in [-0.1, -0.05) is 20.4 Å². The van der Waals surface area contributed by atoms with Crippen molar-refractivity contribution in [1.29, 1.82) is 0 Å². The first-order valence-corrected chi connectivity index (χ1v) is 7.77. The predicted octanol–water partition coefficient (Wildman–Crippen LogP) is 2.57. The van der Waals surface area contributed by atoms with Gasteiger partial charge < -0.3 is 4.74 Å². The molecule has 0 aromatic rings. The average Bonchev–Trinajstić information content (AvgIpc) is 2.26. The van der Waals surface area contributed by atoms with E-state index >= 15 is 0 Å². The summed E-state index contributed by atoms with van der Waals surface area (Å²) < 4.78 is 19.8. The Morgan fingerprint density at radius 2 is 1.89 bits per heavy atom. The largest absolute Gasteiger partial charge is 0.463 e. The normalized spacial score (nSPS) is 15.1. The Bertz CT molecular complexity index is 345. The van der Waals surface area contributed by atoms with Crippen molar-refractivity contribution in [2.75, 3.05) is 6.61 Å². The van der Waals surface area contributed by atoms with Crippen LogP contribution in [0, 0.1) is 5.92 Å². The first-order chi connectivity index (χ1) is 8.59. The van der Waals surface area contributed by atoms with E-state index in [9.17, 15) is 9.00 Å². The van der Waals surface area contributed by atoms with Crippen molar-refractivity contribution >= 4 is 17.0 Å². The number of carbonyl (C=O) groups is 1. The topological polar surface area (TPSA) is 55.4 Å². The van der Waals surface area contributed by atoms with Crippen LogP contribution in [-0.2, 0) is 20.5 Å². The molecule has 0 rings (SSSR count). The van der Waals surface area contributed by atoms with Crippen molar-refractivity contribution in [2.45, 2.75) is 58.8 Å². The van der Waals surface area contributed by atoms with E-state index in [4.69, 9.17) is 4.74 Å². The fourth-order valence-corrected chi connectivity index (χ4v) is 2.29. The smallest absolute Gasteiger partial charge is 0.333 e. The molecule has 0 amide bonds. The zero-order valence-corrected chi connectivity index (χ0v) is 13.7. The fraction of sp³-hybridized carbons (Fsp3) is 0.786. The maximum Gasteiger partial charge on any atom is 0.333 e. The van der Waals surface area contributed by atoms with Gasteiger partial charge in [-0.05, 0) is 40.0 Å². The Morgan fingerprint density at radius 3 is 2.26 bits per heavy atom. The number of carbonyl (C=O) groups excluding carboxylic acids is 1. The molecule has 5 heteroatoms. The molecule has 2 atom stereocenters. The van der Waals surface area contributed by atoms with Crippen LogP contribution >= 0.6 is 0 Å². The van der Waals surface area contributed by atoms with Gasteiger partial charge >= 0.3 is 5.97 Å². The monoisotopic (exact) mass is 289 g/mol. The first kappa shape index (κ1) is 18.3. The minimum Gasteiger partial charge on any atom is -0.463 e. The summed E-state index contributed by atoms with van der Waals surface area (Å²) in [6.45, 7) is 15.6. The van der Waals surface area contributed by atoms with Gasteiger partial charge in [0, 0.05) is 11.6 Å². The lowest BCUT2D eigenvalue weighted by Crippen LogP contribution is -2.42. The van der Waals surface area contributed by atoms with Gasteiger partial charge in [0.1, 0.15) is 0 Å². The second kappa shape index (κ2) is 7.80. The molecule has 0 aliphatic heterocycles. The zero-order chi connectivity index (χ0) is 15.2. The summed E-state index contributed by atoms with van der Waals surface area (Å²) in [5.74, 6) is -0.131. The molecule has 4 nitrogen and oxygen atoms in total. The maximum absolute atomic E-state index is 12.1. The number of ether oxygens (including phenoxy) is 1. The molecule has 0 spiro atoms. The number of rotatable bonds is 7. The van der Waals surface area contributed by atoms with Crippen LogP contribution in [-0.4, -0.2) is 27.6 Å². The average molecular weight is 289 g/mol. The Balaban J connectivity index is 4.64. The highest BCUT2D eigenvalue weighted by Crippen LogP contribution is 2.17. The molecular formula is C14H27NO3S. The lowest BCUT2D eigenvalue weighted by atomic mass is 9.98. The molecule has 0 aliphatic carbocycles. The van der Waals surface area contributed by atoms with Gasteiger partial charge in [0.25, 0.3) is 0 Å². The lowest BCUT2D eigenvalue weighted by Gasteiger charge is -2.27. The van der Waals surface area contributed by atoms with Gasteiger partial charge in [-0.3, -0.25) is 0 Å². The number of hydrogen-bond donors (Lipinski definition) is 1. The molecular weight excluding hydrogens is 262 g/mol. The van der Waals surface area contributed by atoms with E-state index in [-0.39, 0.29) is 22.7 Å². The molecule has 19 heavy (non-hydrogen) atoms. The first-order valence-electron chi connectivity index (χ1n) is 6.62. The van der Waals surface area contributed by atoms with E-state index in [1.54, 1.807) is 6.92 Å². The molecule has 0 heterocycles. The molecule has 0 saturated heterocycles. The van der Waals surface area contributed by atoms with Gasteiger partial charge in [-0.15, -0.1) is 0 Å². The molecule has 0 aromatic heterocycles. The third kappa shape index (κ3) is 6.87. The summed E-state index contributed by atoms with van der Waals surface area (Å²) in [7, 11) is -1.16. The summed E-state index contributed by atoms with van der Waals surface area (Å²) in [5.41, 5.74) is 0.416. The van der Waals surface area contributed by atoms with Crippen LogP contribution in [0.4, 0.5) is 0 Å². The molecule has 0 fully saturated rings.